The maximum atomic E-state index is 11.6. The van der Waals surface area contributed by atoms with E-state index in [1.54, 1.807) is 11.3 Å². The number of hydrogen-bond donors (Lipinski definition) is 1. The van der Waals surface area contributed by atoms with Crippen molar-refractivity contribution in [3.8, 4) is 0 Å². The van der Waals surface area contributed by atoms with Gasteiger partial charge in [-0.1, -0.05) is 11.6 Å². The zero-order valence-corrected chi connectivity index (χ0v) is 9.76. The van der Waals surface area contributed by atoms with E-state index < -0.39 is 0 Å². The molecule has 16 heavy (non-hydrogen) atoms. The quantitative estimate of drug-likeness (QED) is 0.914. The van der Waals surface area contributed by atoms with Crippen LogP contribution >= 0.6 is 22.9 Å². The third-order valence-corrected chi connectivity index (χ3v) is 2.86. The number of nitrogens with zero attached hydrogens (tertiary/aromatic N) is 2. The van der Waals surface area contributed by atoms with Gasteiger partial charge in [0, 0.05) is 12.4 Å². The second-order valence-corrected chi connectivity index (χ2v) is 4.19. The molecule has 0 atom stereocenters. The summed E-state index contributed by atoms with van der Waals surface area (Å²) in [6, 6.07) is 1.91. The van der Waals surface area contributed by atoms with Crippen molar-refractivity contribution >= 4 is 34.7 Å². The molecule has 0 fully saturated rings. The summed E-state index contributed by atoms with van der Waals surface area (Å²) >= 11 is 7.32. The number of hydrogen-bond acceptors (Lipinski definition) is 4. The maximum Gasteiger partial charge on any atom is 0.230 e. The van der Waals surface area contributed by atoms with Gasteiger partial charge in [-0.25, -0.2) is 9.97 Å². The molecule has 0 saturated heterocycles. The minimum atomic E-state index is -0.152. The van der Waals surface area contributed by atoms with Crippen LogP contribution in [0.5, 0.6) is 0 Å². The van der Waals surface area contributed by atoms with E-state index in [-0.39, 0.29) is 11.1 Å². The Bertz CT molecular complexity index is 487. The highest BCUT2D eigenvalue weighted by atomic mass is 35.5. The lowest BCUT2D eigenvalue weighted by atomic mass is 10.2. The van der Waals surface area contributed by atoms with Crippen molar-refractivity contribution in [2.45, 2.75) is 6.42 Å². The van der Waals surface area contributed by atoms with Crippen molar-refractivity contribution in [3.05, 3.63) is 39.9 Å². The number of thiophene rings is 1. The Balaban J connectivity index is 2.00. The van der Waals surface area contributed by atoms with Crippen LogP contribution in [0.4, 0.5) is 5.82 Å². The average Bonchev–Trinajstić information content (AvgIpc) is 2.74. The van der Waals surface area contributed by atoms with Gasteiger partial charge in [0.1, 0.15) is 0 Å². The fourth-order valence-electron chi connectivity index (χ4n) is 1.16. The van der Waals surface area contributed by atoms with Crippen molar-refractivity contribution in [1.82, 2.24) is 9.97 Å². The Morgan fingerprint density at radius 3 is 2.94 bits per heavy atom. The Hall–Kier alpha value is -1.46. The maximum absolute atomic E-state index is 11.6. The molecule has 2 aromatic heterocycles. The van der Waals surface area contributed by atoms with Crippen LogP contribution in [0.3, 0.4) is 0 Å². The second kappa shape index (κ2) is 5.05. The molecule has 0 bridgehead atoms. The molecule has 2 aromatic rings. The number of amides is 1. The summed E-state index contributed by atoms with van der Waals surface area (Å²) in [6.07, 6.45) is 3.26. The molecule has 82 valence electrons. The number of carbonyl (C=O) groups is 1. The molecule has 2 rings (SSSR count). The van der Waals surface area contributed by atoms with E-state index in [2.05, 4.69) is 15.3 Å². The molecule has 0 saturated carbocycles. The number of anilines is 1. The molecule has 0 radical (unpaired) electrons. The lowest BCUT2D eigenvalue weighted by Gasteiger charge is -2.03. The van der Waals surface area contributed by atoms with Crippen LogP contribution in [0.25, 0.3) is 0 Å². The molecule has 1 amide bonds. The Morgan fingerprint density at radius 2 is 2.25 bits per heavy atom. The molecule has 0 aliphatic rings. The largest absolute Gasteiger partial charge is 0.308 e. The number of aromatic nitrogens is 2. The molecule has 4 nitrogen and oxygen atoms in total. The van der Waals surface area contributed by atoms with Crippen LogP contribution in [0.2, 0.25) is 5.15 Å². The first kappa shape index (κ1) is 11.0. The van der Waals surface area contributed by atoms with Crippen LogP contribution in [-0.4, -0.2) is 15.9 Å². The van der Waals surface area contributed by atoms with Gasteiger partial charge in [-0.15, -0.1) is 0 Å². The fourth-order valence-corrected chi connectivity index (χ4v) is 1.98. The van der Waals surface area contributed by atoms with Gasteiger partial charge in [0.25, 0.3) is 0 Å². The zero-order valence-electron chi connectivity index (χ0n) is 8.18. The first-order chi connectivity index (χ1) is 7.75. The molecule has 0 aromatic carbocycles. The smallest absolute Gasteiger partial charge is 0.230 e. The molecular weight excluding hydrogens is 246 g/mol. The lowest BCUT2D eigenvalue weighted by molar-refractivity contribution is -0.115. The van der Waals surface area contributed by atoms with Crippen molar-refractivity contribution in [3.63, 3.8) is 0 Å². The molecule has 1 N–H and O–H groups in total. The first-order valence-corrected chi connectivity index (χ1v) is 5.85. The number of rotatable bonds is 3. The molecule has 2 heterocycles. The molecule has 0 unspecified atom stereocenters. The number of nitrogens with one attached hydrogen (secondary N) is 1. The van der Waals surface area contributed by atoms with Crippen molar-refractivity contribution in [2.75, 3.05) is 5.32 Å². The summed E-state index contributed by atoms with van der Waals surface area (Å²) in [4.78, 5) is 19.3. The first-order valence-electron chi connectivity index (χ1n) is 4.53. The van der Waals surface area contributed by atoms with Gasteiger partial charge in [0.2, 0.25) is 5.91 Å². The number of carbonyl (C=O) groups excluding carboxylic acids is 1. The van der Waals surface area contributed by atoms with E-state index in [1.807, 2.05) is 16.8 Å². The van der Waals surface area contributed by atoms with Gasteiger partial charge in [0.15, 0.2) is 11.0 Å². The molecule has 0 aliphatic carbocycles. The van der Waals surface area contributed by atoms with Gasteiger partial charge in [-0.3, -0.25) is 4.79 Å². The van der Waals surface area contributed by atoms with E-state index >= 15 is 0 Å². The van der Waals surface area contributed by atoms with Crippen LogP contribution < -0.4 is 5.32 Å². The van der Waals surface area contributed by atoms with Crippen LogP contribution in [-0.2, 0) is 11.2 Å². The van der Waals surface area contributed by atoms with E-state index in [4.69, 9.17) is 11.6 Å². The molecule has 0 aliphatic heterocycles. The third-order valence-electron chi connectivity index (χ3n) is 1.86. The number of halogens is 1. The fraction of sp³-hybridized carbons (Fsp3) is 0.100. The monoisotopic (exact) mass is 253 g/mol. The topological polar surface area (TPSA) is 54.9 Å². The van der Waals surface area contributed by atoms with Crippen molar-refractivity contribution in [2.24, 2.45) is 0 Å². The van der Waals surface area contributed by atoms with E-state index in [1.165, 1.54) is 12.4 Å². The average molecular weight is 254 g/mol. The standard InChI is InChI=1S/C10H8ClN3OS/c11-9-10(13-3-2-12-9)14-8(15)5-7-1-4-16-6-7/h1-4,6H,5H2,(H,13,14,15). The van der Waals surface area contributed by atoms with E-state index in [9.17, 15) is 4.79 Å². The van der Waals surface area contributed by atoms with Gasteiger partial charge >= 0.3 is 0 Å². The summed E-state index contributed by atoms with van der Waals surface area (Å²) in [5.41, 5.74) is 0.975. The van der Waals surface area contributed by atoms with Crippen molar-refractivity contribution < 1.29 is 4.79 Å². The van der Waals surface area contributed by atoms with Gasteiger partial charge < -0.3 is 5.32 Å². The highest BCUT2D eigenvalue weighted by Crippen LogP contribution is 2.14. The van der Waals surface area contributed by atoms with Gasteiger partial charge in [-0.05, 0) is 22.4 Å². The van der Waals surface area contributed by atoms with Gasteiger partial charge in [-0.2, -0.15) is 11.3 Å². The van der Waals surface area contributed by atoms with Crippen LogP contribution in [0.1, 0.15) is 5.56 Å². The van der Waals surface area contributed by atoms with E-state index in [0.717, 1.165) is 5.56 Å². The predicted octanol–water partition coefficient (Wildman–Crippen LogP) is 2.37. The molecule has 0 spiro atoms. The van der Waals surface area contributed by atoms with E-state index in [0.29, 0.717) is 12.2 Å². The summed E-state index contributed by atoms with van der Waals surface area (Å²) < 4.78 is 0. The van der Waals surface area contributed by atoms with Gasteiger partial charge in [0.05, 0.1) is 6.42 Å². The van der Waals surface area contributed by atoms with Crippen molar-refractivity contribution in [1.29, 1.82) is 0 Å². The zero-order chi connectivity index (χ0) is 11.4. The Labute approximate surface area is 101 Å². The Kier molecular flexibility index (Phi) is 3.48. The van der Waals surface area contributed by atoms with Crippen LogP contribution in [0, 0.1) is 0 Å². The third kappa shape index (κ3) is 2.77. The summed E-state index contributed by atoms with van der Waals surface area (Å²) in [7, 11) is 0. The molecule has 6 heteroatoms. The lowest BCUT2D eigenvalue weighted by Crippen LogP contribution is -2.15. The summed E-state index contributed by atoms with van der Waals surface area (Å²) in [5, 5.41) is 6.66. The summed E-state index contributed by atoms with van der Waals surface area (Å²) in [6.45, 7) is 0. The highest BCUT2D eigenvalue weighted by Gasteiger charge is 2.08. The minimum Gasteiger partial charge on any atom is -0.308 e. The summed E-state index contributed by atoms with van der Waals surface area (Å²) in [5.74, 6) is 0.144. The Morgan fingerprint density at radius 1 is 1.44 bits per heavy atom. The highest BCUT2D eigenvalue weighted by molar-refractivity contribution is 7.08. The van der Waals surface area contributed by atoms with Crippen LogP contribution in [0.15, 0.2) is 29.2 Å². The SMILES string of the molecule is O=C(Cc1ccsc1)Nc1nccnc1Cl. The second-order valence-electron chi connectivity index (χ2n) is 3.05. The minimum absolute atomic E-state index is 0.152. The normalized spacial score (nSPS) is 10.1. The molecular formula is C10H8ClN3OS. The predicted molar refractivity (Wildman–Crippen MR) is 63.7 cm³/mol.